The van der Waals surface area contributed by atoms with Crippen molar-refractivity contribution in [3.63, 3.8) is 0 Å². The van der Waals surface area contributed by atoms with Crippen LogP contribution in [0.5, 0.6) is 0 Å². The summed E-state index contributed by atoms with van der Waals surface area (Å²) in [6.07, 6.45) is 4.60. The van der Waals surface area contributed by atoms with E-state index in [0.29, 0.717) is 25.6 Å². The third-order valence-electron chi connectivity index (χ3n) is 3.04. The molecule has 5 heteroatoms. The third-order valence-corrected chi connectivity index (χ3v) is 3.04. The molecule has 0 unspecified atom stereocenters. The molecule has 0 aromatic rings. The maximum absolute atomic E-state index is 11.8. The van der Waals surface area contributed by atoms with Gasteiger partial charge in [0.25, 0.3) is 0 Å². The number of carbonyl (C=O) groups excluding carboxylic acids is 1. The van der Waals surface area contributed by atoms with E-state index in [2.05, 4.69) is 12.2 Å². The van der Waals surface area contributed by atoms with Crippen LogP contribution in [0.4, 0.5) is 0 Å². The average Bonchev–Trinajstić information content (AvgIpc) is 2.38. The van der Waals surface area contributed by atoms with E-state index in [4.69, 9.17) is 5.11 Å². The van der Waals surface area contributed by atoms with E-state index in [1.807, 2.05) is 18.7 Å². The van der Waals surface area contributed by atoms with E-state index in [0.717, 1.165) is 19.4 Å². The molecule has 0 saturated carbocycles. The topological polar surface area (TPSA) is 69.6 Å². The van der Waals surface area contributed by atoms with Crippen molar-refractivity contribution in [2.45, 2.75) is 52.9 Å². The number of aliphatic carboxylic acids is 1. The largest absolute Gasteiger partial charge is 0.481 e. The van der Waals surface area contributed by atoms with Crippen molar-refractivity contribution < 1.29 is 14.7 Å². The van der Waals surface area contributed by atoms with Crippen LogP contribution in [-0.4, -0.2) is 48.1 Å². The zero-order valence-corrected chi connectivity index (χ0v) is 13.2. The Labute approximate surface area is 122 Å². The van der Waals surface area contributed by atoms with Crippen LogP contribution in [0, 0.1) is 5.92 Å². The Morgan fingerprint density at radius 1 is 1.15 bits per heavy atom. The zero-order chi connectivity index (χ0) is 15.4. The Bertz CT molecular complexity index is 280. The molecule has 0 aromatic carbocycles. The van der Waals surface area contributed by atoms with Crippen molar-refractivity contribution in [2.24, 2.45) is 5.92 Å². The molecule has 0 saturated heterocycles. The molecule has 1 amide bonds. The lowest BCUT2D eigenvalue weighted by molar-refractivity contribution is -0.137. The molecule has 0 aromatic heterocycles. The second-order valence-corrected chi connectivity index (χ2v) is 5.68. The van der Waals surface area contributed by atoms with Gasteiger partial charge in [-0.3, -0.25) is 14.5 Å². The fourth-order valence-corrected chi connectivity index (χ4v) is 1.86. The van der Waals surface area contributed by atoms with Gasteiger partial charge in [-0.2, -0.15) is 0 Å². The zero-order valence-electron chi connectivity index (χ0n) is 13.2. The van der Waals surface area contributed by atoms with Gasteiger partial charge in [-0.15, -0.1) is 0 Å². The number of carboxylic acids is 1. The third kappa shape index (κ3) is 12.0. The highest BCUT2D eigenvalue weighted by Gasteiger charge is 2.12. The first-order chi connectivity index (χ1) is 9.45. The summed E-state index contributed by atoms with van der Waals surface area (Å²) in [6, 6.07) is 0. The monoisotopic (exact) mass is 286 g/mol. The van der Waals surface area contributed by atoms with Crippen molar-refractivity contribution in [2.75, 3.05) is 26.2 Å². The minimum absolute atomic E-state index is 0.0143. The lowest BCUT2D eigenvalue weighted by Crippen LogP contribution is -2.39. The molecule has 0 bridgehead atoms. The minimum Gasteiger partial charge on any atom is -0.481 e. The maximum Gasteiger partial charge on any atom is 0.304 e. The second kappa shape index (κ2) is 11.7. The Kier molecular flexibility index (Phi) is 11.1. The number of nitrogens with zero attached hydrogens (tertiary/aromatic N) is 1. The van der Waals surface area contributed by atoms with Gasteiger partial charge >= 0.3 is 5.97 Å². The fraction of sp³-hybridized carbons (Fsp3) is 0.867. The highest BCUT2D eigenvalue weighted by Crippen LogP contribution is 2.02. The molecule has 0 radical (unpaired) electrons. The van der Waals surface area contributed by atoms with Gasteiger partial charge in [0.15, 0.2) is 0 Å². The predicted molar refractivity (Wildman–Crippen MR) is 80.7 cm³/mol. The Morgan fingerprint density at radius 2 is 1.85 bits per heavy atom. The number of hydrogen-bond donors (Lipinski definition) is 2. The fourth-order valence-electron chi connectivity index (χ4n) is 1.86. The Hall–Kier alpha value is -1.10. The van der Waals surface area contributed by atoms with Crippen LogP contribution in [0.1, 0.15) is 52.9 Å². The number of hydrogen-bond acceptors (Lipinski definition) is 3. The van der Waals surface area contributed by atoms with Crippen LogP contribution in [0.2, 0.25) is 0 Å². The molecule has 0 aliphatic rings. The van der Waals surface area contributed by atoms with E-state index in [1.54, 1.807) is 0 Å². The quantitative estimate of drug-likeness (QED) is 0.539. The highest BCUT2D eigenvalue weighted by atomic mass is 16.4. The van der Waals surface area contributed by atoms with Gasteiger partial charge in [-0.1, -0.05) is 40.0 Å². The molecule has 0 heterocycles. The summed E-state index contributed by atoms with van der Waals surface area (Å²) in [5, 5.41) is 11.6. The highest BCUT2D eigenvalue weighted by molar-refractivity contribution is 5.78. The van der Waals surface area contributed by atoms with Crippen LogP contribution in [0.25, 0.3) is 0 Å². The summed E-state index contributed by atoms with van der Waals surface area (Å²) in [7, 11) is 0. The number of carbonyl (C=O) groups is 2. The SMILES string of the molecule is CCCCCCN(CCC(=O)O)CC(=O)NCC(C)C. The lowest BCUT2D eigenvalue weighted by atomic mass is 10.2. The molecular weight excluding hydrogens is 256 g/mol. The molecule has 0 spiro atoms. The van der Waals surface area contributed by atoms with Crippen LogP contribution < -0.4 is 5.32 Å². The number of rotatable bonds is 12. The molecule has 0 rings (SSSR count). The number of carboxylic acid groups (broad SMARTS) is 1. The first-order valence-electron chi connectivity index (χ1n) is 7.66. The van der Waals surface area contributed by atoms with Gasteiger partial charge in [0, 0.05) is 13.1 Å². The van der Waals surface area contributed by atoms with Gasteiger partial charge in [0.1, 0.15) is 0 Å². The van der Waals surface area contributed by atoms with Gasteiger partial charge < -0.3 is 10.4 Å². The molecule has 0 aliphatic heterocycles. The summed E-state index contributed by atoms with van der Waals surface area (Å²) >= 11 is 0. The van der Waals surface area contributed by atoms with E-state index < -0.39 is 5.97 Å². The second-order valence-electron chi connectivity index (χ2n) is 5.68. The molecule has 0 fully saturated rings. The Morgan fingerprint density at radius 3 is 2.40 bits per heavy atom. The van der Waals surface area contributed by atoms with Crippen LogP contribution >= 0.6 is 0 Å². The van der Waals surface area contributed by atoms with Crippen LogP contribution in [0.15, 0.2) is 0 Å². The summed E-state index contributed by atoms with van der Waals surface area (Å²) < 4.78 is 0. The minimum atomic E-state index is -0.814. The smallest absolute Gasteiger partial charge is 0.304 e. The number of nitrogens with one attached hydrogen (secondary N) is 1. The number of unbranched alkanes of at least 4 members (excludes halogenated alkanes) is 3. The molecule has 0 aliphatic carbocycles. The Balaban J connectivity index is 4.07. The van der Waals surface area contributed by atoms with Crippen LogP contribution in [-0.2, 0) is 9.59 Å². The molecule has 0 atom stereocenters. The van der Waals surface area contributed by atoms with Crippen molar-refractivity contribution in [3.8, 4) is 0 Å². The predicted octanol–water partition coefficient (Wildman–Crippen LogP) is 2.12. The lowest BCUT2D eigenvalue weighted by Gasteiger charge is -2.21. The first kappa shape index (κ1) is 18.9. The average molecular weight is 286 g/mol. The molecule has 2 N–H and O–H groups in total. The van der Waals surface area contributed by atoms with Gasteiger partial charge in [0.2, 0.25) is 5.91 Å². The van der Waals surface area contributed by atoms with E-state index in [1.165, 1.54) is 12.8 Å². The normalized spacial score (nSPS) is 11.1. The summed E-state index contributed by atoms with van der Waals surface area (Å²) in [6.45, 7) is 8.45. The molecular formula is C15H30N2O3. The van der Waals surface area contributed by atoms with Gasteiger partial charge in [0.05, 0.1) is 13.0 Å². The van der Waals surface area contributed by atoms with Crippen molar-refractivity contribution >= 4 is 11.9 Å². The summed E-state index contributed by atoms with van der Waals surface area (Å²) in [5.74, 6) is -0.401. The van der Waals surface area contributed by atoms with Crippen molar-refractivity contribution in [1.82, 2.24) is 10.2 Å². The van der Waals surface area contributed by atoms with Gasteiger partial charge in [-0.25, -0.2) is 0 Å². The first-order valence-corrected chi connectivity index (χ1v) is 7.66. The van der Waals surface area contributed by atoms with E-state index in [-0.39, 0.29) is 12.3 Å². The maximum atomic E-state index is 11.8. The van der Waals surface area contributed by atoms with E-state index in [9.17, 15) is 9.59 Å². The summed E-state index contributed by atoms with van der Waals surface area (Å²) in [5.41, 5.74) is 0. The summed E-state index contributed by atoms with van der Waals surface area (Å²) in [4.78, 5) is 24.4. The molecule has 5 nitrogen and oxygen atoms in total. The van der Waals surface area contributed by atoms with E-state index >= 15 is 0 Å². The van der Waals surface area contributed by atoms with Crippen LogP contribution in [0.3, 0.4) is 0 Å². The van der Waals surface area contributed by atoms with Gasteiger partial charge in [-0.05, 0) is 18.9 Å². The molecule has 118 valence electrons. The van der Waals surface area contributed by atoms with Crippen molar-refractivity contribution in [3.05, 3.63) is 0 Å². The standard InChI is InChI=1S/C15H30N2O3/c1-4-5-6-7-9-17(10-8-15(19)20)12-14(18)16-11-13(2)3/h13H,4-12H2,1-3H3,(H,16,18)(H,19,20). The number of amides is 1. The van der Waals surface area contributed by atoms with Crippen molar-refractivity contribution in [1.29, 1.82) is 0 Å². The molecule has 20 heavy (non-hydrogen) atoms.